The lowest BCUT2D eigenvalue weighted by atomic mass is 9.87. The Labute approximate surface area is 201 Å². The molecule has 1 saturated heterocycles. The topological polar surface area (TPSA) is 108 Å². The van der Waals surface area contributed by atoms with Gasteiger partial charge in [-0.3, -0.25) is 9.69 Å². The first-order valence-electron chi connectivity index (χ1n) is 11.1. The Kier molecular flexibility index (Phi) is 9.12. The van der Waals surface area contributed by atoms with Crippen LogP contribution in [0.2, 0.25) is 0 Å². The largest absolute Gasteiger partial charge is 0.465 e. The number of hydrogen-bond donors (Lipinski definition) is 3. The van der Waals surface area contributed by atoms with Gasteiger partial charge in [-0.2, -0.15) is 0 Å². The van der Waals surface area contributed by atoms with Gasteiger partial charge in [0.15, 0.2) is 6.29 Å². The number of benzene rings is 1. The summed E-state index contributed by atoms with van der Waals surface area (Å²) in [6, 6.07) is -0.577. The number of alkyl halides is 2. The number of halogens is 4. The van der Waals surface area contributed by atoms with E-state index in [1.807, 2.05) is 0 Å². The number of nitrogens with one attached hydrogen (secondary N) is 1. The van der Waals surface area contributed by atoms with Crippen molar-refractivity contribution in [2.45, 2.75) is 77.5 Å². The molecule has 2 rings (SSSR count). The van der Waals surface area contributed by atoms with Crippen molar-refractivity contribution >= 4 is 12.0 Å². The molecule has 8 nitrogen and oxygen atoms in total. The third-order valence-electron chi connectivity index (χ3n) is 6.21. The van der Waals surface area contributed by atoms with E-state index in [1.165, 1.54) is 27.7 Å². The van der Waals surface area contributed by atoms with E-state index in [1.54, 1.807) is 0 Å². The number of aliphatic hydroxyl groups is 1. The first kappa shape index (κ1) is 28.8. The van der Waals surface area contributed by atoms with Gasteiger partial charge in [-0.1, -0.05) is 13.8 Å². The number of carboxylic acid groups (broad SMARTS) is 1. The van der Waals surface area contributed by atoms with Crippen molar-refractivity contribution in [1.29, 1.82) is 0 Å². The summed E-state index contributed by atoms with van der Waals surface area (Å²) in [5, 5.41) is 23.4. The number of amides is 2. The number of aliphatic hydroxyl groups excluding tert-OH is 1. The lowest BCUT2D eigenvalue weighted by Gasteiger charge is -2.46. The summed E-state index contributed by atoms with van der Waals surface area (Å²) >= 11 is 0. The Balaban J connectivity index is 2.23. The van der Waals surface area contributed by atoms with E-state index < -0.39 is 72.1 Å². The number of ether oxygens (including phenoxy) is 2. The normalized spacial score (nSPS) is 23.0. The maximum Gasteiger partial charge on any atom is 0.408 e. The molecular weight excluding hydrogens is 476 g/mol. The van der Waals surface area contributed by atoms with Crippen LogP contribution in [0.15, 0.2) is 18.2 Å². The predicted molar refractivity (Wildman–Crippen MR) is 117 cm³/mol. The highest BCUT2D eigenvalue weighted by molar-refractivity contribution is 5.73. The van der Waals surface area contributed by atoms with Gasteiger partial charge in [0.2, 0.25) is 5.91 Å². The fourth-order valence-electron chi connectivity index (χ4n) is 3.80. The molecule has 0 unspecified atom stereocenters. The van der Waals surface area contributed by atoms with Gasteiger partial charge in [0.1, 0.15) is 11.6 Å². The van der Waals surface area contributed by atoms with E-state index >= 15 is 0 Å². The van der Waals surface area contributed by atoms with E-state index in [9.17, 15) is 37.4 Å². The zero-order chi connectivity index (χ0) is 26.7. The zero-order valence-corrected chi connectivity index (χ0v) is 20.2. The second-order valence-electron chi connectivity index (χ2n) is 9.56. The van der Waals surface area contributed by atoms with Crippen molar-refractivity contribution in [3.63, 3.8) is 0 Å². The highest BCUT2D eigenvalue weighted by Gasteiger charge is 2.47. The van der Waals surface area contributed by atoms with Crippen molar-refractivity contribution in [2.24, 2.45) is 5.41 Å². The molecule has 3 N–H and O–H groups in total. The molecule has 0 bridgehead atoms. The van der Waals surface area contributed by atoms with Crippen LogP contribution in [-0.2, 0) is 20.7 Å². The molecule has 0 saturated carbocycles. The van der Waals surface area contributed by atoms with Crippen LogP contribution >= 0.6 is 0 Å². The van der Waals surface area contributed by atoms with Gasteiger partial charge in [-0.25, -0.2) is 22.4 Å². The molecule has 1 aromatic carbocycles. The Hall–Kier alpha value is -2.44. The monoisotopic (exact) mass is 508 g/mol. The van der Waals surface area contributed by atoms with E-state index in [2.05, 4.69) is 5.32 Å². The third-order valence-corrected chi connectivity index (χ3v) is 6.21. The number of carbonyl (C=O) groups is 2. The summed E-state index contributed by atoms with van der Waals surface area (Å²) in [6.45, 7) is 5.17. The molecule has 0 aliphatic carbocycles. The fourth-order valence-corrected chi connectivity index (χ4v) is 3.80. The lowest BCUT2D eigenvalue weighted by molar-refractivity contribution is -0.245. The van der Waals surface area contributed by atoms with Crippen molar-refractivity contribution in [2.75, 3.05) is 13.2 Å². The number of morpholine rings is 1. The summed E-state index contributed by atoms with van der Waals surface area (Å²) in [6.07, 6.45) is -4.36. The van der Waals surface area contributed by atoms with Crippen LogP contribution in [0.3, 0.4) is 0 Å². The minimum Gasteiger partial charge on any atom is -0.465 e. The average Bonchev–Trinajstić information content (AvgIpc) is 2.69. The molecule has 1 aliphatic rings. The molecule has 0 aromatic heterocycles. The fraction of sp³-hybridized carbons (Fsp3) is 0.652. The van der Waals surface area contributed by atoms with Gasteiger partial charge in [-0.15, -0.1) is 0 Å². The van der Waals surface area contributed by atoms with E-state index in [-0.39, 0.29) is 18.6 Å². The maximum absolute atomic E-state index is 13.8. The molecule has 1 aliphatic heterocycles. The van der Waals surface area contributed by atoms with Crippen LogP contribution in [0, 0.1) is 17.0 Å². The first-order valence-corrected chi connectivity index (χ1v) is 11.1. The summed E-state index contributed by atoms with van der Waals surface area (Å²) in [7, 11) is 0. The second-order valence-corrected chi connectivity index (χ2v) is 9.56. The number of hydrogen-bond acceptors (Lipinski definition) is 5. The Morgan fingerprint density at radius 3 is 2.29 bits per heavy atom. The van der Waals surface area contributed by atoms with Gasteiger partial charge in [0.25, 0.3) is 5.92 Å². The average molecular weight is 509 g/mol. The van der Waals surface area contributed by atoms with Crippen molar-refractivity contribution in [3.8, 4) is 0 Å². The van der Waals surface area contributed by atoms with Crippen LogP contribution in [0.25, 0.3) is 0 Å². The Bertz CT molecular complexity index is 890. The molecule has 198 valence electrons. The first-order chi connectivity index (χ1) is 16.0. The van der Waals surface area contributed by atoms with E-state index in [0.29, 0.717) is 6.07 Å². The number of carbonyl (C=O) groups excluding carboxylic acids is 1. The zero-order valence-electron chi connectivity index (χ0n) is 20.2. The third kappa shape index (κ3) is 7.28. The SMILES string of the molecule is CC(=O)N[C@@H](Cc1cc(F)cc(F)c1)[C@H](O)[C@H]1CO[C@@H](OCC(C)(C)C(C)(F)F)[C@H](C)N1C(=O)O. The summed E-state index contributed by atoms with van der Waals surface area (Å²) in [5.41, 5.74) is -1.42. The van der Waals surface area contributed by atoms with Crippen molar-refractivity contribution in [1.82, 2.24) is 10.2 Å². The molecule has 35 heavy (non-hydrogen) atoms. The van der Waals surface area contributed by atoms with E-state index in [4.69, 9.17) is 9.47 Å². The summed E-state index contributed by atoms with van der Waals surface area (Å²) in [4.78, 5) is 24.7. The highest BCUT2D eigenvalue weighted by Crippen LogP contribution is 2.37. The van der Waals surface area contributed by atoms with Crippen LogP contribution in [0.5, 0.6) is 0 Å². The van der Waals surface area contributed by atoms with Crippen molar-refractivity contribution < 1.29 is 46.8 Å². The summed E-state index contributed by atoms with van der Waals surface area (Å²) in [5.74, 6) is -5.32. The van der Waals surface area contributed by atoms with Gasteiger partial charge in [0.05, 0.1) is 42.9 Å². The van der Waals surface area contributed by atoms with Gasteiger partial charge >= 0.3 is 6.09 Å². The van der Waals surface area contributed by atoms with Crippen LogP contribution < -0.4 is 5.32 Å². The van der Waals surface area contributed by atoms with E-state index in [0.717, 1.165) is 24.0 Å². The van der Waals surface area contributed by atoms with Crippen LogP contribution in [-0.4, -0.2) is 76.8 Å². The number of rotatable bonds is 9. The molecule has 1 fully saturated rings. The molecule has 1 aromatic rings. The minimum absolute atomic E-state index is 0.135. The highest BCUT2D eigenvalue weighted by atomic mass is 19.3. The van der Waals surface area contributed by atoms with Gasteiger partial charge in [-0.05, 0) is 38.0 Å². The van der Waals surface area contributed by atoms with Crippen LogP contribution in [0.4, 0.5) is 22.4 Å². The molecule has 12 heteroatoms. The minimum atomic E-state index is -3.07. The van der Waals surface area contributed by atoms with Crippen molar-refractivity contribution in [3.05, 3.63) is 35.4 Å². The van der Waals surface area contributed by atoms with Crippen LogP contribution in [0.1, 0.15) is 40.2 Å². The lowest BCUT2D eigenvalue weighted by Crippen LogP contribution is -2.65. The molecule has 0 radical (unpaired) electrons. The van der Waals surface area contributed by atoms with Gasteiger partial charge < -0.3 is 25.0 Å². The molecule has 5 atom stereocenters. The molecular formula is C23H32F4N2O6. The quantitative estimate of drug-likeness (QED) is 0.443. The molecule has 2 amide bonds. The smallest absolute Gasteiger partial charge is 0.408 e. The molecule has 1 heterocycles. The maximum atomic E-state index is 13.8. The van der Waals surface area contributed by atoms with Gasteiger partial charge in [0, 0.05) is 13.0 Å². The Morgan fingerprint density at radius 2 is 1.80 bits per heavy atom. The molecule has 0 spiro atoms. The summed E-state index contributed by atoms with van der Waals surface area (Å²) < 4.78 is 66.0. The second kappa shape index (κ2) is 11.1. The predicted octanol–water partition coefficient (Wildman–Crippen LogP) is 3.16. The Morgan fingerprint density at radius 1 is 1.23 bits per heavy atom. The standard InChI is InChI=1S/C23H32F4N2O6/c1-12-20(35-11-22(3,4)23(5,26)27)34-10-18(29(12)21(32)33)19(31)17(28-13(2)30)8-14-6-15(24)9-16(25)7-14/h6-7,9,12,17-20,31H,8,10-11H2,1-5H3,(H,28,30)(H,32,33)/t12-,17-,18+,19-,20-/m0/s1. The number of nitrogens with zero attached hydrogens (tertiary/aromatic N) is 1.